The number of aromatic nitrogens is 2. The fraction of sp³-hybridized carbons (Fsp3) is 0.300. The van der Waals surface area contributed by atoms with E-state index in [-0.39, 0.29) is 18.2 Å². The highest BCUT2D eigenvalue weighted by Gasteiger charge is 2.34. The van der Waals surface area contributed by atoms with Gasteiger partial charge in [0.2, 0.25) is 11.8 Å². The third-order valence-electron chi connectivity index (χ3n) is 4.76. The predicted molar refractivity (Wildman–Crippen MR) is 106 cm³/mol. The summed E-state index contributed by atoms with van der Waals surface area (Å²) in [5.41, 5.74) is 5.14. The SMILES string of the molecule is Cc1cc(CC(=O)N2CCC[C@H]2C(=O)Nc2ccc(-c3cscn3)cc2)on1. The van der Waals surface area contributed by atoms with Crippen LogP contribution in [0.4, 0.5) is 5.69 Å². The molecule has 28 heavy (non-hydrogen) atoms. The van der Waals surface area contributed by atoms with Gasteiger partial charge in [0, 0.05) is 29.2 Å². The summed E-state index contributed by atoms with van der Waals surface area (Å²) < 4.78 is 5.13. The number of anilines is 1. The highest BCUT2D eigenvalue weighted by atomic mass is 32.1. The Morgan fingerprint density at radius 3 is 2.82 bits per heavy atom. The lowest BCUT2D eigenvalue weighted by atomic mass is 10.1. The molecule has 0 saturated carbocycles. The lowest BCUT2D eigenvalue weighted by Gasteiger charge is -2.23. The molecule has 7 nitrogen and oxygen atoms in total. The number of likely N-dealkylation sites (tertiary alicyclic amines) is 1. The van der Waals surface area contributed by atoms with Crippen molar-refractivity contribution in [2.45, 2.75) is 32.2 Å². The van der Waals surface area contributed by atoms with Gasteiger partial charge in [0.15, 0.2) is 0 Å². The van der Waals surface area contributed by atoms with Crippen molar-refractivity contribution in [1.82, 2.24) is 15.0 Å². The summed E-state index contributed by atoms with van der Waals surface area (Å²) in [5, 5.41) is 8.70. The van der Waals surface area contributed by atoms with Crippen LogP contribution in [0.1, 0.15) is 24.3 Å². The largest absolute Gasteiger partial charge is 0.361 e. The molecule has 0 bridgehead atoms. The number of nitrogens with zero attached hydrogens (tertiary/aromatic N) is 3. The van der Waals surface area contributed by atoms with E-state index in [0.29, 0.717) is 24.4 Å². The Morgan fingerprint density at radius 2 is 2.14 bits per heavy atom. The molecule has 2 amide bonds. The number of carbonyl (C=O) groups is 2. The average molecular weight is 396 g/mol. The van der Waals surface area contributed by atoms with Crippen molar-refractivity contribution >= 4 is 28.8 Å². The lowest BCUT2D eigenvalue weighted by molar-refractivity contribution is -0.136. The molecule has 2 aromatic heterocycles. The Morgan fingerprint density at radius 1 is 1.32 bits per heavy atom. The third kappa shape index (κ3) is 3.96. The number of hydrogen-bond donors (Lipinski definition) is 1. The molecule has 1 aliphatic rings. The highest BCUT2D eigenvalue weighted by molar-refractivity contribution is 7.07. The van der Waals surface area contributed by atoms with E-state index in [1.165, 1.54) is 0 Å². The van der Waals surface area contributed by atoms with Crippen molar-refractivity contribution < 1.29 is 14.1 Å². The summed E-state index contributed by atoms with van der Waals surface area (Å²) in [7, 11) is 0. The van der Waals surface area contributed by atoms with Gasteiger partial charge in [-0.15, -0.1) is 11.3 Å². The third-order valence-corrected chi connectivity index (χ3v) is 5.35. The molecular formula is C20H20N4O3S. The molecule has 0 aliphatic carbocycles. The molecule has 0 unspecified atom stereocenters. The molecule has 1 saturated heterocycles. The van der Waals surface area contributed by atoms with E-state index in [4.69, 9.17) is 4.52 Å². The van der Waals surface area contributed by atoms with Crippen LogP contribution in [-0.4, -0.2) is 39.4 Å². The van der Waals surface area contributed by atoms with Gasteiger partial charge in [-0.1, -0.05) is 17.3 Å². The van der Waals surface area contributed by atoms with Crippen LogP contribution in [0.25, 0.3) is 11.3 Å². The van der Waals surface area contributed by atoms with Crippen LogP contribution in [0, 0.1) is 6.92 Å². The number of hydrogen-bond acceptors (Lipinski definition) is 6. The summed E-state index contributed by atoms with van der Waals surface area (Å²) in [6.45, 7) is 2.39. The zero-order chi connectivity index (χ0) is 19.5. The van der Waals surface area contributed by atoms with Crippen LogP contribution in [0.15, 0.2) is 45.7 Å². The Hall–Kier alpha value is -3.00. The molecule has 1 atom stereocenters. The van der Waals surface area contributed by atoms with Gasteiger partial charge in [0.25, 0.3) is 0 Å². The minimum absolute atomic E-state index is 0.118. The van der Waals surface area contributed by atoms with Crippen molar-refractivity contribution in [2.75, 3.05) is 11.9 Å². The Bertz CT molecular complexity index is 966. The molecule has 4 rings (SSSR count). The van der Waals surface area contributed by atoms with E-state index < -0.39 is 6.04 Å². The van der Waals surface area contributed by atoms with Crippen LogP contribution in [-0.2, 0) is 16.0 Å². The lowest BCUT2D eigenvalue weighted by Crippen LogP contribution is -2.43. The number of nitrogens with one attached hydrogen (secondary N) is 1. The van der Waals surface area contributed by atoms with E-state index in [0.717, 1.165) is 23.4 Å². The van der Waals surface area contributed by atoms with Gasteiger partial charge in [0.1, 0.15) is 11.8 Å². The van der Waals surface area contributed by atoms with Gasteiger partial charge in [-0.05, 0) is 31.9 Å². The van der Waals surface area contributed by atoms with E-state index in [1.54, 1.807) is 27.8 Å². The summed E-state index contributed by atoms with van der Waals surface area (Å²) >= 11 is 1.54. The fourth-order valence-electron chi connectivity index (χ4n) is 3.39. The second-order valence-corrected chi connectivity index (χ2v) is 7.52. The summed E-state index contributed by atoms with van der Waals surface area (Å²) in [5.74, 6) is 0.236. The van der Waals surface area contributed by atoms with Gasteiger partial charge in [-0.25, -0.2) is 4.98 Å². The average Bonchev–Trinajstić information content (AvgIpc) is 3.44. The summed E-state index contributed by atoms with van der Waals surface area (Å²) in [6, 6.07) is 8.83. The van der Waals surface area contributed by atoms with Gasteiger partial charge in [-0.3, -0.25) is 9.59 Å². The first-order valence-corrected chi connectivity index (χ1v) is 10.1. The molecule has 3 aromatic rings. The van der Waals surface area contributed by atoms with Gasteiger partial charge >= 0.3 is 0 Å². The van der Waals surface area contributed by atoms with E-state index >= 15 is 0 Å². The van der Waals surface area contributed by atoms with Gasteiger partial charge in [0.05, 0.1) is 23.3 Å². The van der Waals surface area contributed by atoms with Crippen molar-refractivity contribution in [2.24, 2.45) is 0 Å². The number of carbonyl (C=O) groups excluding carboxylic acids is 2. The predicted octanol–water partition coefficient (Wildman–Crippen LogP) is 3.28. The van der Waals surface area contributed by atoms with Crippen molar-refractivity contribution in [3.8, 4) is 11.3 Å². The van der Waals surface area contributed by atoms with Crippen LogP contribution in [0.2, 0.25) is 0 Å². The number of thiazole rings is 1. The summed E-state index contributed by atoms with van der Waals surface area (Å²) in [6.07, 6.45) is 1.58. The Kier molecular flexibility index (Phi) is 5.21. The maximum absolute atomic E-state index is 12.7. The smallest absolute Gasteiger partial charge is 0.247 e. The minimum atomic E-state index is -0.463. The van der Waals surface area contributed by atoms with Crippen LogP contribution in [0.5, 0.6) is 0 Å². The zero-order valence-corrected chi connectivity index (χ0v) is 16.2. The molecule has 144 valence electrons. The molecule has 0 spiro atoms. The minimum Gasteiger partial charge on any atom is -0.361 e. The standard InChI is InChI=1S/C20H20N4O3S/c1-13-9-16(27-23-13)10-19(25)24-8-2-3-18(24)20(26)22-15-6-4-14(5-7-15)17-11-28-12-21-17/h4-7,9,11-12,18H,2-3,8,10H2,1H3,(H,22,26)/t18-/m0/s1. The molecule has 0 radical (unpaired) electrons. The van der Waals surface area contributed by atoms with Gasteiger partial charge < -0.3 is 14.7 Å². The van der Waals surface area contributed by atoms with E-state index in [1.807, 2.05) is 36.6 Å². The van der Waals surface area contributed by atoms with Crippen LogP contribution >= 0.6 is 11.3 Å². The quantitative estimate of drug-likeness (QED) is 0.715. The summed E-state index contributed by atoms with van der Waals surface area (Å²) in [4.78, 5) is 31.3. The molecule has 8 heteroatoms. The van der Waals surface area contributed by atoms with E-state index in [2.05, 4.69) is 15.5 Å². The highest BCUT2D eigenvalue weighted by Crippen LogP contribution is 2.23. The van der Waals surface area contributed by atoms with Crippen molar-refractivity contribution in [3.63, 3.8) is 0 Å². The van der Waals surface area contributed by atoms with Crippen molar-refractivity contribution in [1.29, 1.82) is 0 Å². The fourth-order valence-corrected chi connectivity index (χ4v) is 3.95. The van der Waals surface area contributed by atoms with E-state index in [9.17, 15) is 9.59 Å². The second-order valence-electron chi connectivity index (χ2n) is 6.80. The normalized spacial score (nSPS) is 16.3. The first kappa shape index (κ1) is 18.4. The second kappa shape index (κ2) is 7.93. The first-order valence-electron chi connectivity index (χ1n) is 9.11. The number of aryl methyl sites for hydroxylation is 1. The topological polar surface area (TPSA) is 88.3 Å². The Balaban J connectivity index is 1.40. The molecule has 1 N–H and O–H groups in total. The van der Waals surface area contributed by atoms with Crippen LogP contribution < -0.4 is 5.32 Å². The molecule has 1 aliphatic heterocycles. The maximum atomic E-state index is 12.7. The first-order chi connectivity index (χ1) is 13.6. The van der Waals surface area contributed by atoms with Crippen molar-refractivity contribution in [3.05, 3.63) is 52.7 Å². The number of amides is 2. The Labute approximate surface area is 166 Å². The molecule has 1 aromatic carbocycles. The van der Waals surface area contributed by atoms with Crippen LogP contribution in [0.3, 0.4) is 0 Å². The number of rotatable bonds is 5. The van der Waals surface area contributed by atoms with Gasteiger partial charge in [-0.2, -0.15) is 0 Å². The number of benzene rings is 1. The monoisotopic (exact) mass is 396 g/mol. The maximum Gasteiger partial charge on any atom is 0.247 e. The molecule has 1 fully saturated rings. The zero-order valence-electron chi connectivity index (χ0n) is 15.4. The molecule has 3 heterocycles. The molecular weight excluding hydrogens is 376 g/mol.